The van der Waals surface area contributed by atoms with Gasteiger partial charge in [-0.2, -0.15) is 0 Å². The summed E-state index contributed by atoms with van der Waals surface area (Å²) in [5, 5.41) is 21.7. The van der Waals surface area contributed by atoms with Gasteiger partial charge in [-0.25, -0.2) is 9.07 Å². The van der Waals surface area contributed by atoms with Crippen molar-refractivity contribution in [2.45, 2.75) is 43.8 Å². The summed E-state index contributed by atoms with van der Waals surface area (Å²) >= 11 is 1.57. The van der Waals surface area contributed by atoms with Crippen LogP contribution in [0.3, 0.4) is 0 Å². The topological polar surface area (TPSA) is 86.8 Å². The Morgan fingerprint density at radius 2 is 1.84 bits per heavy atom. The number of hydrogen-bond acceptors (Lipinski definition) is 8. The number of unbranched alkanes of at least 4 members (excludes halogenated alkanes) is 1. The summed E-state index contributed by atoms with van der Waals surface area (Å²) in [4.78, 5) is 2.37. The molecule has 4 rings (SSSR count). The second-order valence-corrected chi connectivity index (χ2v) is 8.32. The fourth-order valence-corrected chi connectivity index (χ4v) is 4.31. The quantitative estimate of drug-likeness (QED) is 0.439. The van der Waals surface area contributed by atoms with E-state index in [2.05, 4.69) is 42.1 Å². The molecule has 1 aliphatic rings. The molecule has 1 fully saturated rings. The summed E-state index contributed by atoms with van der Waals surface area (Å²) in [6.45, 7) is 7.92. The van der Waals surface area contributed by atoms with Gasteiger partial charge in [-0.05, 0) is 41.1 Å². The zero-order valence-electron chi connectivity index (χ0n) is 17.7. The number of thioether (sulfide) groups is 1. The third-order valence-electron chi connectivity index (χ3n) is 5.22. The average Bonchev–Trinajstić information content (AvgIpc) is 3.42. The van der Waals surface area contributed by atoms with Crippen LogP contribution in [0.15, 0.2) is 29.4 Å². The van der Waals surface area contributed by atoms with Gasteiger partial charge in [0.2, 0.25) is 0 Å². The highest BCUT2D eigenvalue weighted by molar-refractivity contribution is 7.98. The molecule has 9 nitrogen and oxygen atoms in total. The van der Waals surface area contributed by atoms with Gasteiger partial charge in [0.05, 0.1) is 19.0 Å². The van der Waals surface area contributed by atoms with Gasteiger partial charge in [0.25, 0.3) is 0 Å². The predicted molar refractivity (Wildman–Crippen MR) is 115 cm³/mol. The predicted octanol–water partition coefficient (Wildman–Crippen LogP) is 2.50. The first-order chi connectivity index (χ1) is 15.2. The molecule has 31 heavy (non-hydrogen) atoms. The Hall–Kier alpha value is -2.37. The van der Waals surface area contributed by atoms with Crippen LogP contribution in [-0.2, 0) is 23.6 Å². The number of morpholine rings is 1. The molecule has 0 bridgehead atoms. The Morgan fingerprint density at radius 1 is 1.03 bits per heavy atom. The fourth-order valence-electron chi connectivity index (χ4n) is 3.41. The Bertz CT molecular complexity index is 955. The lowest BCUT2D eigenvalue weighted by atomic mass is 10.2. The minimum Gasteiger partial charge on any atom is -0.379 e. The maximum Gasteiger partial charge on any atom is 0.191 e. The van der Waals surface area contributed by atoms with E-state index in [4.69, 9.17) is 4.74 Å². The second kappa shape index (κ2) is 10.8. The van der Waals surface area contributed by atoms with Gasteiger partial charge in [-0.15, -0.1) is 15.3 Å². The van der Waals surface area contributed by atoms with Crippen LogP contribution in [0.4, 0.5) is 4.39 Å². The molecule has 0 spiro atoms. The van der Waals surface area contributed by atoms with Crippen molar-refractivity contribution < 1.29 is 9.13 Å². The summed E-state index contributed by atoms with van der Waals surface area (Å²) in [6, 6.07) is 6.38. The van der Waals surface area contributed by atoms with Gasteiger partial charge in [0.15, 0.2) is 16.8 Å². The summed E-state index contributed by atoms with van der Waals surface area (Å²) in [7, 11) is 0. The van der Waals surface area contributed by atoms with E-state index in [1.165, 1.54) is 12.1 Å². The van der Waals surface area contributed by atoms with E-state index in [-0.39, 0.29) is 5.82 Å². The Morgan fingerprint density at radius 3 is 2.61 bits per heavy atom. The summed E-state index contributed by atoms with van der Waals surface area (Å²) < 4.78 is 22.8. The van der Waals surface area contributed by atoms with Crippen LogP contribution < -0.4 is 0 Å². The van der Waals surface area contributed by atoms with E-state index in [9.17, 15) is 4.39 Å². The van der Waals surface area contributed by atoms with Gasteiger partial charge in [-0.3, -0.25) is 4.90 Å². The first kappa shape index (κ1) is 21.8. The zero-order chi connectivity index (χ0) is 21.5. The largest absolute Gasteiger partial charge is 0.379 e. The smallest absolute Gasteiger partial charge is 0.191 e. The minimum absolute atomic E-state index is 0.267. The highest BCUT2D eigenvalue weighted by Gasteiger charge is 2.18. The lowest BCUT2D eigenvalue weighted by Crippen LogP contribution is -2.38. The van der Waals surface area contributed by atoms with E-state index < -0.39 is 0 Å². The Balaban J connectivity index is 1.52. The van der Waals surface area contributed by atoms with Crippen molar-refractivity contribution in [2.75, 3.05) is 32.8 Å². The van der Waals surface area contributed by atoms with E-state index in [1.807, 2.05) is 4.68 Å². The first-order valence-corrected chi connectivity index (χ1v) is 11.6. The first-order valence-electron chi connectivity index (χ1n) is 10.6. The van der Waals surface area contributed by atoms with Crippen LogP contribution in [0.2, 0.25) is 0 Å². The lowest BCUT2D eigenvalue weighted by molar-refractivity contribution is 0.0361. The van der Waals surface area contributed by atoms with Crippen molar-refractivity contribution in [3.05, 3.63) is 35.9 Å². The van der Waals surface area contributed by atoms with E-state index in [0.29, 0.717) is 5.75 Å². The van der Waals surface area contributed by atoms with Crippen LogP contribution in [0.5, 0.6) is 0 Å². The van der Waals surface area contributed by atoms with Gasteiger partial charge in [0.1, 0.15) is 5.82 Å². The number of nitrogens with zero attached hydrogens (tertiary/aromatic N) is 8. The van der Waals surface area contributed by atoms with E-state index in [1.54, 1.807) is 23.9 Å². The average molecular weight is 447 g/mol. The fraction of sp³-hybridized carbons (Fsp3) is 0.550. The molecule has 0 radical (unpaired) electrons. The van der Waals surface area contributed by atoms with Crippen LogP contribution in [-0.4, -0.2) is 72.7 Å². The van der Waals surface area contributed by atoms with Crippen molar-refractivity contribution in [2.24, 2.45) is 0 Å². The second-order valence-electron chi connectivity index (χ2n) is 7.38. The van der Waals surface area contributed by atoms with Crippen molar-refractivity contribution in [1.29, 1.82) is 0 Å². The molecule has 2 aromatic heterocycles. The number of tetrazole rings is 1. The molecule has 11 heteroatoms. The van der Waals surface area contributed by atoms with Gasteiger partial charge in [-0.1, -0.05) is 25.1 Å². The molecule has 0 N–H and O–H groups in total. The Kier molecular flexibility index (Phi) is 7.60. The van der Waals surface area contributed by atoms with Gasteiger partial charge >= 0.3 is 0 Å². The third-order valence-corrected chi connectivity index (χ3v) is 6.19. The number of aromatic nitrogens is 7. The number of ether oxygens (including phenoxy) is 1. The van der Waals surface area contributed by atoms with E-state index >= 15 is 0 Å². The molecule has 0 saturated carbocycles. The number of halogens is 1. The lowest BCUT2D eigenvalue weighted by Gasteiger charge is -2.27. The maximum atomic E-state index is 13.4. The maximum absolute atomic E-state index is 13.4. The molecule has 1 aliphatic heterocycles. The van der Waals surface area contributed by atoms with Crippen LogP contribution >= 0.6 is 11.8 Å². The van der Waals surface area contributed by atoms with Crippen LogP contribution in [0.1, 0.15) is 25.6 Å². The van der Waals surface area contributed by atoms with Gasteiger partial charge in [0, 0.05) is 38.3 Å². The molecule has 3 heterocycles. The third kappa shape index (κ3) is 5.66. The van der Waals surface area contributed by atoms with Crippen molar-refractivity contribution in [1.82, 2.24) is 39.9 Å². The van der Waals surface area contributed by atoms with E-state index in [0.717, 1.165) is 81.1 Å². The standard InChI is InChI=1S/C20H27FN8OS/c1-2-3-8-29-18(22-25-26-29)15-31-20-24-23-19(16-4-6-17(21)7-5-16)28(20)10-9-27-11-13-30-14-12-27/h4-7H,2-3,8-15H2,1H3. The normalized spacial score (nSPS) is 14.9. The highest BCUT2D eigenvalue weighted by atomic mass is 32.2. The minimum atomic E-state index is -0.267. The summed E-state index contributed by atoms with van der Waals surface area (Å²) in [6.07, 6.45) is 2.12. The molecule has 0 unspecified atom stereocenters. The molecular weight excluding hydrogens is 419 g/mol. The summed E-state index contributed by atoms with van der Waals surface area (Å²) in [5.74, 6) is 1.90. The molecule has 0 atom stereocenters. The molecule has 3 aromatic rings. The zero-order valence-corrected chi connectivity index (χ0v) is 18.5. The van der Waals surface area contributed by atoms with Crippen molar-refractivity contribution in [3.63, 3.8) is 0 Å². The van der Waals surface area contributed by atoms with Crippen LogP contribution in [0, 0.1) is 5.82 Å². The number of hydrogen-bond donors (Lipinski definition) is 0. The van der Waals surface area contributed by atoms with Gasteiger partial charge < -0.3 is 9.30 Å². The molecule has 1 saturated heterocycles. The number of rotatable bonds is 10. The monoisotopic (exact) mass is 446 g/mol. The molecule has 166 valence electrons. The SMILES string of the molecule is CCCCn1nnnc1CSc1nnc(-c2ccc(F)cc2)n1CCN1CCOCC1. The summed E-state index contributed by atoms with van der Waals surface area (Å²) in [5.41, 5.74) is 0.843. The highest BCUT2D eigenvalue weighted by Crippen LogP contribution is 2.26. The number of benzene rings is 1. The molecular formula is C20H27FN8OS. The van der Waals surface area contributed by atoms with Crippen molar-refractivity contribution in [3.8, 4) is 11.4 Å². The molecule has 0 aliphatic carbocycles. The molecule has 0 amide bonds. The van der Waals surface area contributed by atoms with Crippen LogP contribution in [0.25, 0.3) is 11.4 Å². The number of aryl methyl sites for hydroxylation is 1. The Labute approximate surface area is 185 Å². The van der Waals surface area contributed by atoms with Crippen molar-refractivity contribution >= 4 is 11.8 Å². The molecule has 1 aromatic carbocycles.